The molecule has 1 aliphatic carbocycles. The molecule has 7 heterocycles. The summed E-state index contributed by atoms with van der Waals surface area (Å²) in [5.74, 6) is -0.224. The number of carbonyl (C=O) groups excluding carboxylic acids is 1. The van der Waals surface area contributed by atoms with Gasteiger partial charge in [0, 0.05) is 68.3 Å². The van der Waals surface area contributed by atoms with Crippen LogP contribution in [0.15, 0.2) is 83.9 Å². The predicted octanol–water partition coefficient (Wildman–Crippen LogP) is 8.61. The molecule has 1 saturated carbocycles. The highest BCUT2D eigenvalue weighted by atomic mass is 32.2. The Morgan fingerprint density at radius 2 is 1.74 bits per heavy atom. The van der Waals surface area contributed by atoms with E-state index in [4.69, 9.17) is 19.2 Å². The molecule has 6 aliphatic rings. The maximum Gasteiger partial charge on any atom is 0.293 e. The number of fused-ring (bicyclic) bond motifs is 3. The number of nitro groups is 1. The van der Waals surface area contributed by atoms with Crippen molar-refractivity contribution in [1.29, 1.82) is 0 Å². The molecular formula is C52H62N8O8S. The topological polar surface area (TPSA) is 184 Å². The van der Waals surface area contributed by atoms with E-state index in [2.05, 4.69) is 69.9 Å². The number of nitrogens with zero attached hydrogens (tertiary/aromatic N) is 5. The molecule has 3 N–H and O–H groups in total. The lowest BCUT2D eigenvalue weighted by Crippen LogP contribution is -2.55. The summed E-state index contributed by atoms with van der Waals surface area (Å²) >= 11 is 0. The minimum absolute atomic E-state index is 0.0857. The number of piperidine rings is 1. The lowest BCUT2D eigenvalue weighted by atomic mass is 9.59. The van der Waals surface area contributed by atoms with E-state index in [9.17, 15) is 23.3 Å². The van der Waals surface area contributed by atoms with Crippen LogP contribution < -0.4 is 24.6 Å². The van der Waals surface area contributed by atoms with E-state index in [1.165, 1.54) is 48.9 Å². The van der Waals surface area contributed by atoms with Crippen LogP contribution in [0.3, 0.4) is 0 Å². The van der Waals surface area contributed by atoms with Gasteiger partial charge in [-0.2, -0.15) is 4.98 Å². The SMILES string of the molecule is CC(C)(C)c1ccccc1[C@@H]1CCCN1C1CC2(CCN(c3ccc(C(=O)NS(=O)(=O)c4ccc(NCC5CCOCC5)c([N+](=O)[O-])c4)c(N4c5cc6cc[nH]c6nc5O[C@H]5COC[C@@H]54)c3)CC2)C1. The Bertz CT molecular complexity index is 2880. The molecule has 17 heteroatoms. The summed E-state index contributed by atoms with van der Waals surface area (Å²) in [4.78, 5) is 41.1. The molecule has 11 rings (SSSR count). The van der Waals surface area contributed by atoms with Crippen molar-refractivity contribution in [2.24, 2.45) is 11.3 Å². The fourth-order valence-electron chi connectivity index (χ4n) is 12.1. The summed E-state index contributed by atoms with van der Waals surface area (Å²) in [7, 11) is -4.59. The Morgan fingerprint density at radius 3 is 2.52 bits per heavy atom. The van der Waals surface area contributed by atoms with Crippen molar-refractivity contribution in [3.63, 3.8) is 0 Å². The van der Waals surface area contributed by atoms with E-state index in [0.717, 1.165) is 62.5 Å². The number of hydrogen-bond donors (Lipinski definition) is 3. The standard InChI is InChI=1S/C52H62N8O8S/c1-51(2,3)40-8-5-4-7-38(40)42-9-6-20-58(42)36-28-52(29-36)17-21-57(22-18-52)35-10-12-39(43(26-35)59-45-25-34-14-19-53-48(34)55-50(45)68-47-32-67-31-46(47)59)49(61)56-69(64,65)37-11-13-41(44(27-37)60(62)63)54-30-33-15-23-66-24-16-33/h4-5,7-8,10-14,19,25-27,33,36,42,46-47,54H,6,9,15-18,20-24,28-32H2,1-3H3,(H,53,55)(H,56,61)/t42-,46-,47-/m0/s1. The molecule has 5 aromatic rings. The average Bonchev–Trinajstić information content (AvgIpc) is 4.13. The van der Waals surface area contributed by atoms with Gasteiger partial charge in [-0.15, -0.1) is 0 Å². The van der Waals surface area contributed by atoms with Crippen LogP contribution in [0.5, 0.6) is 5.88 Å². The number of anilines is 4. The van der Waals surface area contributed by atoms with Gasteiger partial charge in [0.15, 0.2) is 0 Å². The van der Waals surface area contributed by atoms with Crippen molar-refractivity contribution in [3.05, 3.63) is 106 Å². The number of amides is 1. The number of benzene rings is 3. The van der Waals surface area contributed by atoms with E-state index in [1.807, 2.05) is 35.4 Å². The number of ether oxygens (including phenoxy) is 3. The van der Waals surface area contributed by atoms with Gasteiger partial charge in [-0.1, -0.05) is 45.0 Å². The van der Waals surface area contributed by atoms with Gasteiger partial charge in [-0.3, -0.25) is 19.8 Å². The summed E-state index contributed by atoms with van der Waals surface area (Å²) in [6.45, 7) is 12.2. The minimum Gasteiger partial charge on any atom is -0.468 e. The number of sulfonamides is 1. The second-order valence-corrected chi connectivity index (χ2v) is 22.8. The maximum absolute atomic E-state index is 14.6. The monoisotopic (exact) mass is 958 g/mol. The first-order valence-corrected chi connectivity index (χ1v) is 26.2. The molecule has 5 aliphatic heterocycles. The predicted molar refractivity (Wildman–Crippen MR) is 264 cm³/mol. The number of likely N-dealkylation sites (tertiary alicyclic amines) is 1. The Morgan fingerprint density at radius 1 is 0.942 bits per heavy atom. The fraction of sp³-hybridized carbons (Fsp3) is 0.500. The number of nitro benzene ring substituents is 1. The van der Waals surface area contributed by atoms with Crippen LogP contribution in [0.4, 0.5) is 28.4 Å². The highest BCUT2D eigenvalue weighted by Crippen LogP contribution is 2.55. The van der Waals surface area contributed by atoms with Gasteiger partial charge >= 0.3 is 0 Å². The lowest BCUT2D eigenvalue weighted by molar-refractivity contribution is -0.384. The second-order valence-electron chi connectivity index (χ2n) is 21.2. The Balaban J connectivity index is 0.863. The Kier molecular flexibility index (Phi) is 11.8. The zero-order valence-electron chi connectivity index (χ0n) is 39.6. The fourth-order valence-corrected chi connectivity index (χ4v) is 13.1. The molecule has 5 fully saturated rings. The molecule has 1 spiro atoms. The van der Waals surface area contributed by atoms with Crippen LogP contribution in [0.1, 0.15) is 99.7 Å². The van der Waals surface area contributed by atoms with Crippen LogP contribution in [0.2, 0.25) is 0 Å². The molecule has 1 amide bonds. The summed E-state index contributed by atoms with van der Waals surface area (Å²) in [5, 5.41) is 16.3. The molecule has 16 nitrogen and oxygen atoms in total. The van der Waals surface area contributed by atoms with E-state index >= 15 is 0 Å². The minimum atomic E-state index is -4.59. The number of nitrogens with one attached hydrogen (secondary N) is 3. The van der Waals surface area contributed by atoms with Crippen LogP contribution in [0, 0.1) is 21.4 Å². The molecule has 4 saturated heterocycles. The first-order valence-electron chi connectivity index (χ1n) is 24.7. The largest absolute Gasteiger partial charge is 0.468 e. The van der Waals surface area contributed by atoms with Crippen molar-refractivity contribution in [2.75, 3.05) is 67.7 Å². The zero-order chi connectivity index (χ0) is 47.7. The number of pyridine rings is 1. The van der Waals surface area contributed by atoms with Gasteiger partial charge in [0.1, 0.15) is 23.1 Å². The number of H-pyrrole nitrogens is 1. The summed E-state index contributed by atoms with van der Waals surface area (Å²) in [5.41, 5.74) is 5.92. The van der Waals surface area contributed by atoms with Gasteiger partial charge in [0.25, 0.3) is 21.6 Å². The van der Waals surface area contributed by atoms with Crippen LogP contribution in [-0.2, 0) is 24.9 Å². The van der Waals surface area contributed by atoms with Crippen LogP contribution >= 0.6 is 0 Å². The van der Waals surface area contributed by atoms with Crippen LogP contribution in [0.25, 0.3) is 11.0 Å². The molecule has 364 valence electrons. The maximum atomic E-state index is 14.6. The number of hydrogen-bond acceptors (Lipinski definition) is 13. The van der Waals surface area contributed by atoms with E-state index in [0.29, 0.717) is 68.0 Å². The second kappa shape index (κ2) is 17.9. The number of aromatic nitrogens is 2. The molecule has 0 unspecified atom stereocenters. The van der Waals surface area contributed by atoms with Crippen molar-refractivity contribution in [2.45, 2.75) is 107 Å². The van der Waals surface area contributed by atoms with Gasteiger partial charge in [-0.25, -0.2) is 13.1 Å². The molecule has 0 bridgehead atoms. The van der Waals surface area contributed by atoms with E-state index < -0.39 is 37.5 Å². The van der Waals surface area contributed by atoms with Gasteiger partial charge in [-0.05, 0) is 128 Å². The van der Waals surface area contributed by atoms with Crippen molar-refractivity contribution in [3.8, 4) is 5.88 Å². The van der Waals surface area contributed by atoms with Crippen molar-refractivity contribution in [1.82, 2.24) is 19.6 Å². The molecule has 2 aromatic heterocycles. The molecular weight excluding hydrogens is 897 g/mol. The highest BCUT2D eigenvalue weighted by Gasteiger charge is 2.50. The first-order chi connectivity index (χ1) is 33.2. The molecule has 69 heavy (non-hydrogen) atoms. The highest BCUT2D eigenvalue weighted by molar-refractivity contribution is 7.90. The van der Waals surface area contributed by atoms with E-state index in [1.54, 1.807) is 6.07 Å². The number of rotatable bonds is 11. The first kappa shape index (κ1) is 45.7. The quantitative estimate of drug-likeness (QED) is 0.0846. The smallest absolute Gasteiger partial charge is 0.293 e. The molecule has 0 radical (unpaired) electrons. The zero-order valence-corrected chi connectivity index (χ0v) is 40.4. The average molecular weight is 959 g/mol. The van der Waals surface area contributed by atoms with Crippen molar-refractivity contribution >= 4 is 55.4 Å². The normalized spacial score (nSPS) is 23.1. The lowest BCUT2D eigenvalue weighted by Gasteiger charge is -2.56. The Labute approximate surface area is 403 Å². The van der Waals surface area contributed by atoms with Crippen molar-refractivity contribution < 1.29 is 32.3 Å². The van der Waals surface area contributed by atoms with Gasteiger partial charge in [0.2, 0.25) is 5.88 Å². The van der Waals surface area contributed by atoms with E-state index in [-0.39, 0.29) is 34.0 Å². The van der Waals surface area contributed by atoms with Gasteiger partial charge < -0.3 is 34.3 Å². The Hall–Kier alpha value is -5.75. The van der Waals surface area contributed by atoms with Gasteiger partial charge in [0.05, 0.1) is 40.3 Å². The summed E-state index contributed by atoms with van der Waals surface area (Å²) < 4.78 is 48.3. The molecule has 3 atom stereocenters. The number of carbonyl (C=O) groups is 1. The van der Waals surface area contributed by atoms with Crippen LogP contribution in [-0.4, -0.2) is 105 Å². The number of aromatic amines is 1. The molecule has 3 aromatic carbocycles. The third-order valence-electron chi connectivity index (χ3n) is 15.9. The summed E-state index contributed by atoms with van der Waals surface area (Å²) in [6, 6.07) is 22.9. The third kappa shape index (κ3) is 8.69. The third-order valence-corrected chi connectivity index (χ3v) is 17.2. The summed E-state index contributed by atoms with van der Waals surface area (Å²) in [6.07, 6.45) is 9.98.